The third-order valence-electron chi connectivity index (χ3n) is 3.15. The molecule has 1 aromatic heterocycles. The monoisotopic (exact) mass is 289 g/mol. The fraction of sp³-hybridized carbons (Fsp3) is 0.692. The van der Waals surface area contributed by atoms with Crippen molar-refractivity contribution in [2.75, 3.05) is 33.5 Å². The molecule has 0 radical (unpaired) electrons. The van der Waals surface area contributed by atoms with E-state index in [0.29, 0.717) is 19.3 Å². The van der Waals surface area contributed by atoms with Gasteiger partial charge in [0.25, 0.3) is 0 Å². The minimum Gasteiger partial charge on any atom is -0.382 e. The van der Waals surface area contributed by atoms with Gasteiger partial charge < -0.3 is 14.8 Å². The molecule has 1 aliphatic rings. The summed E-state index contributed by atoms with van der Waals surface area (Å²) in [6, 6.07) is 2.56. The van der Waals surface area contributed by atoms with Crippen molar-refractivity contribution >= 4 is 22.9 Å². The van der Waals surface area contributed by atoms with Gasteiger partial charge in [0.1, 0.15) is 0 Å². The average Bonchev–Trinajstić information content (AvgIpc) is 2.74. The highest BCUT2D eigenvalue weighted by atomic mass is 35.5. The number of halogens is 1. The topological polar surface area (TPSA) is 30.5 Å². The number of hydrogen-bond acceptors (Lipinski definition) is 4. The summed E-state index contributed by atoms with van der Waals surface area (Å²) in [6.07, 6.45) is 3.61. The van der Waals surface area contributed by atoms with E-state index in [4.69, 9.17) is 21.1 Å². The highest BCUT2D eigenvalue weighted by Crippen LogP contribution is 2.37. The zero-order chi connectivity index (χ0) is 12.8. The third-order valence-corrected chi connectivity index (χ3v) is 4.49. The molecule has 102 valence electrons. The van der Waals surface area contributed by atoms with Crippen LogP contribution >= 0.6 is 22.9 Å². The Kier molecular flexibility index (Phi) is 5.92. The largest absolute Gasteiger partial charge is 0.382 e. The zero-order valence-corrected chi connectivity index (χ0v) is 12.3. The van der Waals surface area contributed by atoms with Gasteiger partial charge in [-0.2, -0.15) is 0 Å². The fourth-order valence-electron chi connectivity index (χ4n) is 2.28. The number of hydrogen-bond donors (Lipinski definition) is 1. The Labute approximate surface area is 117 Å². The molecule has 1 N–H and O–H groups in total. The zero-order valence-electron chi connectivity index (χ0n) is 10.7. The number of nitrogens with one attached hydrogen (secondary N) is 1. The molecule has 1 heterocycles. The highest BCUT2D eigenvalue weighted by Gasteiger charge is 2.21. The number of thiophene rings is 1. The number of rotatable bonds is 7. The smallest absolute Gasteiger partial charge is 0.0934 e. The minimum absolute atomic E-state index is 0.448. The van der Waals surface area contributed by atoms with Crippen molar-refractivity contribution in [1.29, 1.82) is 0 Å². The van der Waals surface area contributed by atoms with Gasteiger partial charge >= 0.3 is 0 Å². The van der Waals surface area contributed by atoms with E-state index < -0.39 is 0 Å². The Balaban J connectivity index is 1.74. The number of methoxy groups -OCH3 is 1. The first kappa shape index (κ1) is 14.3. The SMILES string of the molecule is COCCOCCNC1CCCc2sc(Cl)cc21. The first-order chi connectivity index (χ1) is 8.81. The molecule has 0 saturated heterocycles. The molecule has 0 bridgehead atoms. The van der Waals surface area contributed by atoms with E-state index in [1.54, 1.807) is 18.4 Å². The van der Waals surface area contributed by atoms with Gasteiger partial charge in [-0.1, -0.05) is 11.6 Å². The molecular weight excluding hydrogens is 270 g/mol. The molecule has 1 aliphatic carbocycles. The summed E-state index contributed by atoms with van der Waals surface area (Å²) in [7, 11) is 1.69. The molecule has 2 rings (SSSR count). The lowest BCUT2D eigenvalue weighted by molar-refractivity contribution is 0.0708. The van der Waals surface area contributed by atoms with Gasteiger partial charge in [-0.15, -0.1) is 11.3 Å². The normalized spacial score (nSPS) is 18.9. The van der Waals surface area contributed by atoms with E-state index in [1.165, 1.54) is 29.7 Å². The van der Waals surface area contributed by atoms with Crippen LogP contribution in [0.4, 0.5) is 0 Å². The van der Waals surface area contributed by atoms with Gasteiger partial charge in [0.05, 0.1) is 24.2 Å². The molecule has 18 heavy (non-hydrogen) atoms. The summed E-state index contributed by atoms with van der Waals surface area (Å²) in [5.41, 5.74) is 1.40. The second kappa shape index (κ2) is 7.46. The average molecular weight is 290 g/mol. The van der Waals surface area contributed by atoms with Crippen LogP contribution in [0.25, 0.3) is 0 Å². The lowest BCUT2D eigenvalue weighted by Crippen LogP contribution is -2.27. The van der Waals surface area contributed by atoms with E-state index in [9.17, 15) is 0 Å². The Morgan fingerprint density at radius 3 is 3.17 bits per heavy atom. The van der Waals surface area contributed by atoms with Gasteiger partial charge in [-0.3, -0.25) is 0 Å². The predicted octanol–water partition coefficient (Wildman–Crippen LogP) is 3.03. The van der Waals surface area contributed by atoms with E-state index in [-0.39, 0.29) is 0 Å². The molecule has 0 fully saturated rings. The van der Waals surface area contributed by atoms with Crippen molar-refractivity contribution in [2.24, 2.45) is 0 Å². The Morgan fingerprint density at radius 2 is 2.33 bits per heavy atom. The van der Waals surface area contributed by atoms with Gasteiger partial charge in [0.2, 0.25) is 0 Å². The molecule has 1 aromatic rings. The van der Waals surface area contributed by atoms with E-state index >= 15 is 0 Å². The molecule has 0 aromatic carbocycles. The van der Waals surface area contributed by atoms with Crippen molar-refractivity contribution in [2.45, 2.75) is 25.3 Å². The maximum Gasteiger partial charge on any atom is 0.0934 e. The van der Waals surface area contributed by atoms with Crippen LogP contribution in [0.2, 0.25) is 4.34 Å². The summed E-state index contributed by atoms with van der Waals surface area (Å²) < 4.78 is 11.3. The number of aryl methyl sites for hydroxylation is 1. The number of ether oxygens (including phenoxy) is 2. The van der Waals surface area contributed by atoms with E-state index in [1.807, 2.05) is 0 Å². The summed E-state index contributed by atoms with van der Waals surface area (Å²) in [5, 5.41) is 3.55. The summed E-state index contributed by atoms with van der Waals surface area (Å²) in [6.45, 7) is 2.93. The second-order valence-corrected chi connectivity index (χ2v) is 6.20. The molecule has 5 heteroatoms. The predicted molar refractivity (Wildman–Crippen MR) is 75.7 cm³/mol. The summed E-state index contributed by atoms with van der Waals surface area (Å²) in [5.74, 6) is 0. The van der Waals surface area contributed by atoms with Crippen molar-refractivity contribution in [3.05, 3.63) is 20.8 Å². The van der Waals surface area contributed by atoms with Crippen LogP contribution < -0.4 is 5.32 Å². The molecule has 0 aliphatic heterocycles. The van der Waals surface area contributed by atoms with Crippen LogP contribution in [0.1, 0.15) is 29.3 Å². The standard InChI is InChI=1S/C13H20ClNO2S/c1-16-7-8-17-6-5-15-11-3-2-4-12-10(11)9-13(14)18-12/h9,11,15H,2-8H2,1H3. The van der Waals surface area contributed by atoms with Gasteiger partial charge in [0, 0.05) is 24.6 Å². The van der Waals surface area contributed by atoms with Gasteiger partial charge in [-0.05, 0) is 30.9 Å². The lowest BCUT2D eigenvalue weighted by Gasteiger charge is -2.23. The lowest BCUT2D eigenvalue weighted by atomic mass is 9.94. The first-order valence-electron chi connectivity index (χ1n) is 6.39. The minimum atomic E-state index is 0.448. The maximum atomic E-state index is 6.09. The highest BCUT2D eigenvalue weighted by molar-refractivity contribution is 7.16. The van der Waals surface area contributed by atoms with Crippen LogP contribution in [-0.2, 0) is 15.9 Å². The molecular formula is C13H20ClNO2S. The van der Waals surface area contributed by atoms with Gasteiger partial charge in [0.15, 0.2) is 0 Å². The van der Waals surface area contributed by atoms with E-state index in [2.05, 4.69) is 11.4 Å². The van der Waals surface area contributed by atoms with Crippen LogP contribution in [0, 0.1) is 0 Å². The van der Waals surface area contributed by atoms with Crippen LogP contribution in [0.3, 0.4) is 0 Å². The van der Waals surface area contributed by atoms with Crippen LogP contribution in [0.15, 0.2) is 6.07 Å². The van der Waals surface area contributed by atoms with E-state index in [0.717, 1.165) is 17.5 Å². The second-order valence-electron chi connectivity index (χ2n) is 4.43. The van der Waals surface area contributed by atoms with Crippen molar-refractivity contribution < 1.29 is 9.47 Å². The van der Waals surface area contributed by atoms with Crippen molar-refractivity contribution in [3.8, 4) is 0 Å². The van der Waals surface area contributed by atoms with Crippen LogP contribution in [0.5, 0.6) is 0 Å². The third kappa shape index (κ3) is 3.93. The molecule has 1 atom stereocenters. The van der Waals surface area contributed by atoms with Gasteiger partial charge in [-0.25, -0.2) is 0 Å². The molecule has 0 spiro atoms. The van der Waals surface area contributed by atoms with Crippen molar-refractivity contribution in [1.82, 2.24) is 5.32 Å². The molecule has 3 nitrogen and oxygen atoms in total. The van der Waals surface area contributed by atoms with Crippen molar-refractivity contribution in [3.63, 3.8) is 0 Å². The van der Waals surface area contributed by atoms with Crippen LogP contribution in [-0.4, -0.2) is 33.5 Å². The Bertz CT molecular complexity index is 370. The summed E-state index contributed by atoms with van der Waals surface area (Å²) >= 11 is 7.81. The number of fused-ring (bicyclic) bond motifs is 1. The first-order valence-corrected chi connectivity index (χ1v) is 7.59. The molecule has 0 saturated carbocycles. The molecule has 0 amide bonds. The maximum absolute atomic E-state index is 6.09. The quantitative estimate of drug-likeness (QED) is 0.783. The molecule has 1 unspecified atom stereocenters. The summed E-state index contributed by atoms with van der Waals surface area (Å²) in [4.78, 5) is 1.45. The fourth-order valence-corrected chi connectivity index (χ4v) is 3.67. The Morgan fingerprint density at radius 1 is 1.44 bits per heavy atom. The Hall–Kier alpha value is -0.130.